The van der Waals surface area contributed by atoms with Gasteiger partial charge in [0, 0.05) is 31.1 Å². The number of anilines is 1. The molecular formula is C25H34ClN3O4S. The molecular weight excluding hydrogens is 474 g/mol. The first-order chi connectivity index (χ1) is 16.2. The second-order valence-electron chi connectivity index (χ2n) is 8.14. The molecule has 0 unspecified atom stereocenters. The number of halogens is 1. The highest BCUT2D eigenvalue weighted by molar-refractivity contribution is 7.92. The number of benzene rings is 2. The molecule has 0 spiro atoms. The highest BCUT2D eigenvalue weighted by atomic mass is 35.5. The summed E-state index contributed by atoms with van der Waals surface area (Å²) in [5.41, 5.74) is 1.42. The summed E-state index contributed by atoms with van der Waals surface area (Å²) in [4.78, 5) is 27.7. The van der Waals surface area contributed by atoms with Gasteiger partial charge in [-0.1, -0.05) is 55.8 Å². The largest absolute Gasteiger partial charge is 0.354 e. The van der Waals surface area contributed by atoms with Gasteiger partial charge in [0.1, 0.15) is 6.04 Å². The van der Waals surface area contributed by atoms with Crippen LogP contribution in [0.15, 0.2) is 54.6 Å². The van der Waals surface area contributed by atoms with Crippen LogP contribution in [-0.4, -0.2) is 50.5 Å². The maximum atomic E-state index is 13.3. The van der Waals surface area contributed by atoms with Gasteiger partial charge in [-0.25, -0.2) is 8.42 Å². The van der Waals surface area contributed by atoms with E-state index in [0.29, 0.717) is 30.1 Å². The zero-order valence-electron chi connectivity index (χ0n) is 20.0. The Balaban J connectivity index is 2.17. The lowest BCUT2D eigenvalue weighted by Gasteiger charge is -2.31. The first-order valence-corrected chi connectivity index (χ1v) is 13.7. The van der Waals surface area contributed by atoms with Crippen LogP contribution in [0.1, 0.15) is 45.1 Å². The number of nitrogens with one attached hydrogen (secondary N) is 1. The molecule has 1 N–H and O–H groups in total. The second kappa shape index (κ2) is 13.3. The van der Waals surface area contributed by atoms with Gasteiger partial charge in [0.25, 0.3) is 0 Å². The van der Waals surface area contributed by atoms with Crippen molar-refractivity contribution in [2.75, 3.05) is 23.7 Å². The SMILES string of the molecule is CCCNC(=O)[C@H](CC)N(Cc1ccc(Cl)cc1)C(=O)CCCN(c1ccccc1)S(C)(=O)=O. The summed E-state index contributed by atoms with van der Waals surface area (Å²) < 4.78 is 25.9. The summed E-state index contributed by atoms with van der Waals surface area (Å²) in [5, 5.41) is 3.48. The van der Waals surface area contributed by atoms with Gasteiger partial charge in [-0.2, -0.15) is 0 Å². The Labute approximate surface area is 208 Å². The van der Waals surface area contributed by atoms with Crippen molar-refractivity contribution in [3.05, 3.63) is 65.2 Å². The zero-order valence-corrected chi connectivity index (χ0v) is 21.6. The molecule has 186 valence electrons. The Morgan fingerprint density at radius 1 is 1.03 bits per heavy atom. The molecule has 0 aliphatic carbocycles. The molecule has 2 rings (SSSR count). The van der Waals surface area contributed by atoms with E-state index in [1.54, 1.807) is 41.3 Å². The van der Waals surface area contributed by atoms with Gasteiger partial charge in [0.05, 0.1) is 11.9 Å². The molecule has 0 saturated carbocycles. The van der Waals surface area contributed by atoms with Crippen molar-refractivity contribution in [2.45, 2.75) is 52.1 Å². The first kappa shape index (κ1) is 27.7. The minimum atomic E-state index is -3.50. The molecule has 0 radical (unpaired) electrons. The van der Waals surface area contributed by atoms with E-state index >= 15 is 0 Å². The van der Waals surface area contributed by atoms with Crippen LogP contribution in [0.4, 0.5) is 5.69 Å². The third-order valence-corrected chi connectivity index (χ3v) is 6.84. The van der Waals surface area contributed by atoms with Crippen molar-refractivity contribution >= 4 is 39.1 Å². The maximum Gasteiger partial charge on any atom is 0.242 e. The highest BCUT2D eigenvalue weighted by Gasteiger charge is 2.28. The molecule has 0 heterocycles. The van der Waals surface area contributed by atoms with Crippen LogP contribution in [0, 0.1) is 0 Å². The van der Waals surface area contributed by atoms with Crippen LogP contribution in [0.2, 0.25) is 5.02 Å². The fourth-order valence-corrected chi connectivity index (χ4v) is 4.76. The maximum absolute atomic E-state index is 13.3. The summed E-state index contributed by atoms with van der Waals surface area (Å²) >= 11 is 6.00. The van der Waals surface area contributed by atoms with Gasteiger partial charge in [-0.05, 0) is 49.1 Å². The monoisotopic (exact) mass is 507 g/mol. The van der Waals surface area contributed by atoms with Gasteiger partial charge >= 0.3 is 0 Å². The molecule has 9 heteroatoms. The minimum Gasteiger partial charge on any atom is -0.354 e. The number of hydrogen-bond donors (Lipinski definition) is 1. The fraction of sp³-hybridized carbons (Fsp3) is 0.440. The molecule has 2 aromatic rings. The van der Waals surface area contributed by atoms with E-state index in [1.807, 2.05) is 32.0 Å². The molecule has 2 aromatic carbocycles. The van der Waals surface area contributed by atoms with Crippen molar-refractivity contribution in [1.82, 2.24) is 10.2 Å². The predicted octanol–water partition coefficient (Wildman–Crippen LogP) is 4.22. The summed E-state index contributed by atoms with van der Waals surface area (Å²) in [6.45, 7) is 4.82. The lowest BCUT2D eigenvalue weighted by Crippen LogP contribution is -2.49. The molecule has 1 atom stereocenters. The number of carbonyl (C=O) groups excluding carboxylic acids is 2. The van der Waals surface area contributed by atoms with Crippen molar-refractivity contribution in [3.63, 3.8) is 0 Å². The van der Waals surface area contributed by atoms with Crippen LogP contribution < -0.4 is 9.62 Å². The normalized spacial score (nSPS) is 12.1. The average molecular weight is 508 g/mol. The predicted molar refractivity (Wildman–Crippen MR) is 137 cm³/mol. The molecule has 0 fully saturated rings. The van der Waals surface area contributed by atoms with Crippen LogP contribution in [-0.2, 0) is 26.2 Å². The van der Waals surface area contributed by atoms with Crippen LogP contribution in [0.3, 0.4) is 0 Å². The molecule has 0 aliphatic heterocycles. The standard InChI is InChI=1S/C25H34ClN3O4S/c1-4-17-27-25(31)23(5-2)28(19-20-13-15-21(26)16-14-20)24(30)12-9-18-29(34(3,32)33)22-10-7-6-8-11-22/h6-8,10-11,13-16,23H,4-5,9,12,17-19H2,1-3H3,(H,27,31)/t23-/m0/s1. The lowest BCUT2D eigenvalue weighted by molar-refractivity contribution is -0.141. The van der Waals surface area contributed by atoms with E-state index in [0.717, 1.165) is 18.2 Å². The Morgan fingerprint density at radius 3 is 2.24 bits per heavy atom. The number of nitrogens with zero attached hydrogens (tertiary/aromatic N) is 2. The fourth-order valence-electron chi connectivity index (χ4n) is 3.67. The second-order valence-corrected chi connectivity index (χ2v) is 10.5. The Kier molecular flexibility index (Phi) is 10.9. The van der Waals surface area contributed by atoms with E-state index in [4.69, 9.17) is 11.6 Å². The number of hydrogen-bond acceptors (Lipinski definition) is 4. The van der Waals surface area contributed by atoms with Gasteiger partial charge in [0.15, 0.2) is 0 Å². The highest BCUT2D eigenvalue weighted by Crippen LogP contribution is 2.19. The Bertz CT molecular complexity index is 1030. The van der Waals surface area contributed by atoms with Crippen molar-refractivity contribution in [1.29, 1.82) is 0 Å². The Morgan fingerprint density at radius 2 is 1.68 bits per heavy atom. The first-order valence-electron chi connectivity index (χ1n) is 11.5. The smallest absolute Gasteiger partial charge is 0.242 e. The summed E-state index contributed by atoms with van der Waals surface area (Å²) in [6, 6.07) is 15.4. The quantitative estimate of drug-likeness (QED) is 0.439. The molecule has 0 bridgehead atoms. The molecule has 2 amide bonds. The topological polar surface area (TPSA) is 86.8 Å². The van der Waals surface area contributed by atoms with Crippen molar-refractivity contribution < 1.29 is 18.0 Å². The number of carbonyl (C=O) groups is 2. The zero-order chi connectivity index (χ0) is 25.1. The van der Waals surface area contributed by atoms with Gasteiger partial charge < -0.3 is 10.2 Å². The number of amides is 2. The van der Waals surface area contributed by atoms with Crippen molar-refractivity contribution in [3.8, 4) is 0 Å². The Hall–Kier alpha value is -2.58. The van der Waals surface area contributed by atoms with E-state index < -0.39 is 16.1 Å². The molecule has 0 aliphatic rings. The van der Waals surface area contributed by atoms with Crippen LogP contribution >= 0.6 is 11.6 Å². The molecule has 0 aromatic heterocycles. The summed E-state index contributed by atoms with van der Waals surface area (Å²) in [6.07, 6.45) is 2.86. The molecule has 0 saturated heterocycles. The van der Waals surface area contributed by atoms with E-state index in [2.05, 4.69) is 5.32 Å². The molecule has 7 nitrogen and oxygen atoms in total. The third kappa shape index (κ3) is 8.33. The molecule has 34 heavy (non-hydrogen) atoms. The average Bonchev–Trinajstić information content (AvgIpc) is 2.81. The van der Waals surface area contributed by atoms with Crippen molar-refractivity contribution in [2.24, 2.45) is 0 Å². The van der Waals surface area contributed by atoms with Gasteiger partial charge in [-0.15, -0.1) is 0 Å². The van der Waals surface area contributed by atoms with E-state index in [9.17, 15) is 18.0 Å². The third-order valence-electron chi connectivity index (χ3n) is 5.40. The van der Waals surface area contributed by atoms with Crippen LogP contribution in [0.25, 0.3) is 0 Å². The van der Waals surface area contributed by atoms with Gasteiger partial charge in [-0.3, -0.25) is 13.9 Å². The van der Waals surface area contributed by atoms with Crippen LogP contribution in [0.5, 0.6) is 0 Å². The summed E-state index contributed by atoms with van der Waals surface area (Å²) in [7, 11) is -3.50. The number of rotatable bonds is 13. The van der Waals surface area contributed by atoms with E-state index in [-0.39, 0.29) is 31.3 Å². The van der Waals surface area contributed by atoms with E-state index in [1.165, 1.54) is 4.31 Å². The minimum absolute atomic E-state index is 0.115. The lowest BCUT2D eigenvalue weighted by atomic mass is 10.1. The number of para-hydroxylation sites is 1. The van der Waals surface area contributed by atoms with Gasteiger partial charge in [0.2, 0.25) is 21.8 Å². The summed E-state index contributed by atoms with van der Waals surface area (Å²) in [5.74, 6) is -0.385. The number of sulfonamides is 1.